The van der Waals surface area contributed by atoms with Crippen molar-refractivity contribution in [1.29, 1.82) is 0 Å². The fourth-order valence-electron chi connectivity index (χ4n) is 6.09. The molecule has 0 saturated carbocycles. The van der Waals surface area contributed by atoms with Gasteiger partial charge in [-0.1, -0.05) is 0 Å². The molecule has 2 saturated heterocycles. The van der Waals surface area contributed by atoms with Crippen LogP contribution in [0.1, 0.15) is 64.5 Å². The molecular formula is C34H46N12O3S2. The van der Waals surface area contributed by atoms with E-state index < -0.39 is 11.8 Å². The molecule has 0 unspecified atom stereocenters. The van der Waals surface area contributed by atoms with Crippen LogP contribution in [0.4, 0.5) is 32.8 Å². The number of nitrogens with zero attached hydrogens (tertiary/aromatic N) is 7. The molecule has 51 heavy (non-hydrogen) atoms. The number of primary amides is 2. The molecule has 6 rings (SSSR count). The van der Waals surface area contributed by atoms with Gasteiger partial charge in [-0.25, -0.2) is 9.97 Å². The molecule has 4 aromatic heterocycles. The number of nitrogens with one attached hydrogen (secondary N) is 2. The Morgan fingerprint density at radius 2 is 1.29 bits per heavy atom. The van der Waals surface area contributed by atoms with Crippen LogP contribution in [0.2, 0.25) is 0 Å². The zero-order valence-electron chi connectivity index (χ0n) is 29.4. The lowest BCUT2D eigenvalue weighted by Crippen LogP contribution is -2.42. The molecule has 2 aliphatic rings. The van der Waals surface area contributed by atoms with Gasteiger partial charge >= 0.3 is 0 Å². The van der Waals surface area contributed by atoms with Gasteiger partial charge < -0.3 is 42.5 Å². The lowest BCUT2D eigenvalue weighted by Gasteiger charge is -2.34. The summed E-state index contributed by atoms with van der Waals surface area (Å²) >= 11 is 2.65. The first-order valence-corrected chi connectivity index (χ1v) is 18.4. The number of carbonyl (C=O) groups is 3. The molecule has 0 radical (unpaired) electrons. The molecule has 2 atom stereocenters. The highest BCUT2D eigenvalue weighted by Gasteiger charge is 2.25. The maximum atomic E-state index is 12.1. The summed E-state index contributed by atoms with van der Waals surface area (Å²) < 4.78 is 8.47. The zero-order chi connectivity index (χ0) is 36.7. The molecule has 272 valence electrons. The fraction of sp³-hybridized carbons (Fsp3) is 0.441. The van der Waals surface area contributed by atoms with Gasteiger partial charge in [0, 0.05) is 52.7 Å². The molecule has 3 amide bonds. The summed E-state index contributed by atoms with van der Waals surface area (Å²) in [6, 6.07) is 7.80. The number of anilines is 6. The summed E-state index contributed by atoms with van der Waals surface area (Å²) in [4.78, 5) is 50.1. The number of hydrogen-bond acceptors (Lipinski definition) is 14. The molecule has 0 aliphatic carbocycles. The first kappa shape index (κ1) is 37.4. The first-order valence-electron chi connectivity index (χ1n) is 16.8. The van der Waals surface area contributed by atoms with Gasteiger partial charge in [0.15, 0.2) is 11.4 Å². The molecule has 0 bridgehead atoms. The van der Waals surface area contributed by atoms with E-state index in [1.54, 1.807) is 31.4 Å². The molecule has 8 N–H and O–H groups in total. The van der Waals surface area contributed by atoms with Crippen LogP contribution in [-0.4, -0.2) is 87.7 Å². The van der Waals surface area contributed by atoms with E-state index in [9.17, 15) is 14.4 Å². The van der Waals surface area contributed by atoms with Gasteiger partial charge in [-0.15, -0.1) is 0 Å². The van der Waals surface area contributed by atoms with Crippen molar-refractivity contribution in [3.63, 3.8) is 0 Å². The third kappa shape index (κ3) is 10.1. The second-order valence-electron chi connectivity index (χ2n) is 13.1. The molecule has 15 nitrogen and oxygen atoms in total. The number of rotatable bonds is 10. The predicted molar refractivity (Wildman–Crippen MR) is 203 cm³/mol. The Balaban J connectivity index is 0.000000201. The quantitative estimate of drug-likeness (QED) is 0.156. The van der Waals surface area contributed by atoms with E-state index in [1.807, 2.05) is 38.1 Å². The summed E-state index contributed by atoms with van der Waals surface area (Å²) in [7, 11) is 3.57. The average Bonchev–Trinajstić information content (AvgIpc) is 3.71. The summed E-state index contributed by atoms with van der Waals surface area (Å²) in [5, 5.41) is 8.09. The third-order valence-electron chi connectivity index (χ3n) is 8.65. The molecule has 2 fully saturated rings. The van der Waals surface area contributed by atoms with E-state index in [0.29, 0.717) is 23.7 Å². The topological polar surface area (TPSA) is 215 Å². The molecule has 4 aromatic rings. The summed E-state index contributed by atoms with van der Waals surface area (Å²) in [6.07, 6.45) is 8.04. The van der Waals surface area contributed by atoms with Gasteiger partial charge in [0.25, 0.3) is 11.8 Å². The third-order valence-corrected chi connectivity index (χ3v) is 10.2. The van der Waals surface area contributed by atoms with Gasteiger partial charge in [0.05, 0.1) is 46.5 Å². The highest BCUT2D eigenvalue weighted by molar-refractivity contribution is 7.10. The fourth-order valence-corrected chi connectivity index (χ4v) is 7.44. The number of hydrogen-bond donors (Lipinski definition) is 5. The van der Waals surface area contributed by atoms with Crippen molar-refractivity contribution in [2.24, 2.45) is 23.1 Å². The monoisotopic (exact) mass is 734 g/mol. The van der Waals surface area contributed by atoms with E-state index in [-0.39, 0.29) is 23.3 Å². The maximum absolute atomic E-state index is 12.1. The standard InChI is InChI=1S/C19H26N6O2S.C15H20N6OS/c1-12-7-16(28-23-12)22-15-9-14(10-21-18(15)19(20)27)25-6-4-5-13(11-25)8-17(26)24(2)3;1-9-5-13(23-20-9)19-12-6-11(7-18-14(12)15(17)22)21-4-2-3-10(16)8-21/h7,9-10,13,22H,4-6,8,11H2,1-3H3,(H2,20,27);5-7,10,19H,2-4,8,16H2,1H3,(H2,17,22)/t13-;10-/m01/s1. The van der Waals surface area contributed by atoms with Crippen molar-refractivity contribution in [1.82, 2.24) is 23.6 Å². The molecular weight excluding hydrogens is 689 g/mol. The lowest BCUT2D eigenvalue weighted by atomic mass is 9.94. The second-order valence-corrected chi connectivity index (χ2v) is 14.7. The van der Waals surface area contributed by atoms with Crippen molar-refractivity contribution < 1.29 is 14.4 Å². The van der Waals surface area contributed by atoms with Crippen LogP contribution in [0.25, 0.3) is 0 Å². The number of pyridine rings is 2. The van der Waals surface area contributed by atoms with Crippen LogP contribution >= 0.6 is 23.1 Å². The SMILES string of the molecule is Cc1cc(Nc2cc(N3CCC[C@@H](CC(=O)N(C)C)C3)cnc2C(N)=O)sn1.Cc1cc(Nc2cc(N3CCC[C@@H](N)C3)cnc2C(N)=O)sn1. The van der Waals surface area contributed by atoms with Crippen molar-refractivity contribution in [2.75, 3.05) is 60.7 Å². The highest BCUT2D eigenvalue weighted by Crippen LogP contribution is 2.31. The van der Waals surface area contributed by atoms with E-state index in [1.165, 1.54) is 23.1 Å². The average molecular weight is 735 g/mol. The van der Waals surface area contributed by atoms with E-state index in [2.05, 4.69) is 39.1 Å². The zero-order valence-corrected chi connectivity index (χ0v) is 31.0. The Kier molecular flexibility index (Phi) is 12.4. The minimum absolute atomic E-state index is 0.150. The second kappa shape index (κ2) is 16.9. The number of nitrogens with two attached hydrogens (primary N) is 3. The van der Waals surface area contributed by atoms with E-state index in [4.69, 9.17) is 17.2 Å². The minimum atomic E-state index is -0.580. The Bertz CT molecular complexity index is 1840. The van der Waals surface area contributed by atoms with Crippen molar-refractivity contribution >= 4 is 73.5 Å². The first-order chi connectivity index (χ1) is 24.4. The minimum Gasteiger partial charge on any atom is -0.370 e. The van der Waals surface area contributed by atoms with Crippen LogP contribution in [0.15, 0.2) is 36.7 Å². The Labute approximate surface area is 305 Å². The van der Waals surface area contributed by atoms with Crippen LogP contribution in [0.5, 0.6) is 0 Å². The van der Waals surface area contributed by atoms with Gasteiger partial charge in [0.2, 0.25) is 5.91 Å². The molecule has 6 heterocycles. The van der Waals surface area contributed by atoms with Crippen LogP contribution in [-0.2, 0) is 4.79 Å². The predicted octanol–water partition coefficient (Wildman–Crippen LogP) is 4.00. The largest absolute Gasteiger partial charge is 0.370 e. The number of amides is 3. The Morgan fingerprint density at radius 3 is 1.73 bits per heavy atom. The van der Waals surface area contributed by atoms with Crippen LogP contribution in [0, 0.1) is 19.8 Å². The van der Waals surface area contributed by atoms with Crippen molar-refractivity contribution in [3.05, 3.63) is 59.4 Å². The van der Waals surface area contributed by atoms with Gasteiger partial charge in [-0.3, -0.25) is 14.4 Å². The van der Waals surface area contributed by atoms with E-state index in [0.717, 1.165) is 84.6 Å². The van der Waals surface area contributed by atoms with Gasteiger partial charge in [-0.2, -0.15) is 8.75 Å². The van der Waals surface area contributed by atoms with Gasteiger partial charge in [0.1, 0.15) is 10.0 Å². The molecule has 17 heteroatoms. The molecule has 2 aliphatic heterocycles. The maximum Gasteiger partial charge on any atom is 0.269 e. The van der Waals surface area contributed by atoms with Crippen LogP contribution < -0.4 is 37.6 Å². The summed E-state index contributed by atoms with van der Waals surface area (Å²) in [6.45, 7) is 7.23. The normalized spacial score (nSPS) is 17.3. The highest BCUT2D eigenvalue weighted by atomic mass is 32.1. The van der Waals surface area contributed by atoms with Crippen LogP contribution in [0.3, 0.4) is 0 Å². The van der Waals surface area contributed by atoms with Crippen molar-refractivity contribution in [2.45, 2.75) is 52.0 Å². The molecule has 0 spiro atoms. The van der Waals surface area contributed by atoms with Crippen molar-refractivity contribution in [3.8, 4) is 0 Å². The van der Waals surface area contributed by atoms with E-state index >= 15 is 0 Å². The number of aromatic nitrogens is 4. The smallest absolute Gasteiger partial charge is 0.269 e. The Morgan fingerprint density at radius 1 is 0.804 bits per heavy atom. The summed E-state index contributed by atoms with van der Waals surface area (Å²) in [5.74, 6) is -0.684. The number of aryl methyl sites for hydroxylation is 2. The number of piperidine rings is 2. The summed E-state index contributed by atoms with van der Waals surface area (Å²) in [5.41, 5.74) is 22.2. The Hall–Kier alpha value is -4.87. The van der Waals surface area contributed by atoms with Gasteiger partial charge in [-0.05, 0) is 92.8 Å². The number of carbonyl (C=O) groups excluding carboxylic acids is 3. The molecule has 0 aromatic carbocycles. The lowest BCUT2D eigenvalue weighted by molar-refractivity contribution is -0.129.